The number of esters is 2. The lowest BCUT2D eigenvalue weighted by Gasteiger charge is -2.27. The van der Waals surface area contributed by atoms with Gasteiger partial charge in [-0.3, -0.25) is 9.59 Å². The first-order valence-corrected chi connectivity index (χ1v) is 28.2. The van der Waals surface area contributed by atoms with Crippen LogP contribution >= 0.6 is 0 Å². The van der Waals surface area contributed by atoms with Gasteiger partial charge in [0.15, 0.2) is 0 Å². The smallest absolute Gasteiger partial charge is 0.307 e. The molecule has 0 fully saturated rings. The molecular weight excluding hydrogens is 765 g/mol. The molecule has 0 aliphatic carbocycles. The van der Waals surface area contributed by atoms with Gasteiger partial charge in [0.2, 0.25) is 0 Å². The molecule has 2 atom stereocenters. The van der Waals surface area contributed by atoms with Crippen molar-refractivity contribution in [2.24, 2.45) is 11.8 Å². The molecule has 0 heterocycles. The molecule has 0 aromatic rings. The summed E-state index contributed by atoms with van der Waals surface area (Å²) >= 11 is 0. The SMILES string of the molecule is CCCCCCCCCCCCC(CCCCCCCCCC)COC(=O)CCN(CCCCCC(=O)OCC(CCCCCC)CCCCCCCC)CCN(CC)CCC. The number of rotatable bonds is 51. The third kappa shape index (κ3) is 42.8. The third-order valence-corrected chi connectivity index (χ3v) is 13.5. The molecule has 0 aromatic heterocycles. The van der Waals surface area contributed by atoms with E-state index in [0.29, 0.717) is 37.9 Å². The van der Waals surface area contributed by atoms with E-state index >= 15 is 0 Å². The highest BCUT2D eigenvalue weighted by Crippen LogP contribution is 2.22. The Morgan fingerprint density at radius 1 is 0.323 bits per heavy atom. The first-order valence-electron chi connectivity index (χ1n) is 28.2. The Balaban J connectivity index is 4.90. The van der Waals surface area contributed by atoms with Crippen LogP contribution in [-0.4, -0.2) is 74.2 Å². The van der Waals surface area contributed by atoms with Crippen molar-refractivity contribution in [2.45, 2.75) is 286 Å². The summed E-state index contributed by atoms with van der Waals surface area (Å²) in [5.41, 5.74) is 0. The van der Waals surface area contributed by atoms with E-state index in [4.69, 9.17) is 9.47 Å². The number of likely N-dealkylation sites (N-methyl/N-ethyl adjacent to an activating group) is 1. The van der Waals surface area contributed by atoms with Gasteiger partial charge in [0.05, 0.1) is 19.6 Å². The summed E-state index contributed by atoms with van der Waals surface area (Å²) in [6.45, 7) is 20.7. The second-order valence-electron chi connectivity index (χ2n) is 19.6. The summed E-state index contributed by atoms with van der Waals surface area (Å²) in [6, 6.07) is 0. The molecule has 0 N–H and O–H groups in total. The molecule has 0 saturated heterocycles. The van der Waals surface area contributed by atoms with Crippen LogP contribution < -0.4 is 0 Å². The predicted octanol–water partition coefficient (Wildman–Crippen LogP) is 16.9. The van der Waals surface area contributed by atoms with Gasteiger partial charge < -0.3 is 19.3 Å². The number of unbranched alkanes of at least 4 members (excludes halogenated alkanes) is 26. The molecule has 6 nitrogen and oxygen atoms in total. The highest BCUT2D eigenvalue weighted by Gasteiger charge is 2.16. The number of hydrogen-bond acceptors (Lipinski definition) is 6. The van der Waals surface area contributed by atoms with Crippen LogP contribution in [0.1, 0.15) is 286 Å². The highest BCUT2D eigenvalue weighted by atomic mass is 16.5. The molecule has 0 spiro atoms. The second-order valence-corrected chi connectivity index (χ2v) is 19.6. The van der Waals surface area contributed by atoms with Crippen molar-refractivity contribution in [3.05, 3.63) is 0 Å². The van der Waals surface area contributed by atoms with Gasteiger partial charge in [-0.15, -0.1) is 0 Å². The molecule has 0 amide bonds. The Hall–Kier alpha value is -1.14. The van der Waals surface area contributed by atoms with Gasteiger partial charge in [0.1, 0.15) is 0 Å². The van der Waals surface area contributed by atoms with Crippen molar-refractivity contribution in [1.29, 1.82) is 0 Å². The first-order chi connectivity index (χ1) is 30.4. The maximum absolute atomic E-state index is 13.2. The molecule has 0 saturated carbocycles. The Morgan fingerprint density at radius 3 is 1.05 bits per heavy atom. The van der Waals surface area contributed by atoms with E-state index in [-0.39, 0.29) is 11.9 Å². The lowest BCUT2D eigenvalue weighted by Crippen LogP contribution is -2.37. The zero-order valence-electron chi connectivity index (χ0n) is 43.2. The zero-order chi connectivity index (χ0) is 45.4. The molecule has 6 heteroatoms. The van der Waals surface area contributed by atoms with Crippen LogP contribution in [0.5, 0.6) is 0 Å². The van der Waals surface area contributed by atoms with Crippen molar-refractivity contribution in [2.75, 3.05) is 52.5 Å². The summed E-state index contributed by atoms with van der Waals surface area (Å²) in [7, 11) is 0. The fourth-order valence-corrected chi connectivity index (χ4v) is 9.14. The first kappa shape index (κ1) is 60.9. The number of carbonyl (C=O) groups is 2. The normalized spacial score (nSPS) is 12.7. The van der Waals surface area contributed by atoms with Crippen LogP contribution in [0, 0.1) is 11.8 Å². The lowest BCUT2D eigenvalue weighted by atomic mass is 9.94. The number of hydrogen-bond donors (Lipinski definition) is 0. The maximum atomic E-state index is 13.2. The van der Waals surface area contributed by atoms with E-state index < -0.39 is 0 Å². The summed E-state index contributed by atoms with van der Waals surface area (Å²) < 4.78 is 11.9. The van der Waals surface area contributed by atoms with Gasteiger partial charge in [0.25, 0.3) is 0 Å². The van der Waals surface area contributed by atoms with E-state index in [0.717, 1.165) is 65.0 Å². The van der Waals surface area contributed by atoms with Crippen LogP contribution in [-0.2, 0) is 19.1 Å². The second kappa shape index (κ2) is 49.3. The number of nitrogens with zero attached hydrogens (tertiary/aromatic N) is 2. The molecule has 370 valence electrons. The van der Waals surface area contributed by atoms with Crippen LogP contribution in [0.2, 0.25) is 0 Å². The molecule has 62 heavy (non-hydrogen) atoms. The largest absolute Gasteiger partial charge is 0.465 e. The Bertz CT molecular complexity index is 914. The van der Waals surface area contributed by atoms with Gasteiger partial charge in [-0.25, -0.2) is 0 Å². The summed E-state index contributed by atoms with van der Waals surface area (Å²) in [5.74, 6) is 0.976. The molecule has 0 aromatic carbocycles. The monoisotopic (exact) mass is 877 g/mol. The standard InChI is InChI=1S/C56H112N2O4/c1-7-13-17-21-24-26-27-29-32-37-43-54(42-36-31-28-25-22-18-14-8-2)52-62-56(60)45-48-58(50-49-57(12-6)46-11-5)47-39-33-38-44-55(59)61-51-53(40-34-20-16-10-4)41-35-30-23-19-15-9-3/h53-54H,7-52H2,1-6H3. The maximum Gasteiger partial charge on any atom is 0.307 e. The quantitative estimate of drug-likeness (QED) is 0.0448. The molecular formula is C56H112N2O4. The summed E-state index contributed by atoms with van der Waals surface area (Å²) in [5, 5.41) is 0. The average Bonchev–Trinajstić information content (AvgIpc) is 3.28. The van der Waals surface area contributed by atoms with Gasteiger partial charge in [0, 0.05) is 26.1 Å². The highest BCUT2D eigenvalue weighted by molar-refractivity contribution is 5.69. The summed E-state index contributed by atoms with van der Waals surface area (Å²) in [4.78, 5) is 31.1. The van der Waals surface area contributed by atoms with E-state index in [9.17, 15) is 9.59 Å². The predicted molar refractivity (Wildman–Crippen MR) is 271 cm³/mol. The van der Waals surface area contributed by atoms with Crippen molar-refractivity contribution in [3.8, 4) is 0 Å². The number of ether oxygens (including phenoxy) is 2. The minimum Gasteiger partial charge on any atom is -0.465 e. The van der Waals surface area contributed by atoms with Crippen molar-refractivity contribution < 1.29 is 19.1 Å². The van der Waals surface area contributed by atoms with Gasteiger partial charge >= 0.3 is 11.9 Å². The minimum absolute atomic E-state index is 0.0156. The molecule has 0 aliphatic heterocycles. The van der Waals surface area contributed by atoms with E-state index in [1.54, 1.807) is 0 Å². The fraction of sp³-hybridized carbons (Fsp3) is 0.964. The number of carbonyl (C=O) groups excluding carboxylic acids is 2. The van der Waals surface area contributed by atoms with Gasteiger partial charge in [-0.2, -0.15) is 0 Å². The van der Waals surface area contributed by atoms with E-state index in [1.165, 1.54) is 205 Å². The molecule has 0 bridgehead atoms. The topological polar surface area (TPSA) is 59.1 Å². The Labute approximate surface area is 389 Å². The fourth-order valence-electron chi connectivity index (χ4n) is 9.14. The minimum atomic E-state index is -0.0252. The van der Waals surface area contributed by atoms with E-state index in [1.807, 2.05) is 0 Å². The molecule has 0 aliphatic rings. The van der Waals surface area contributed by atoms with Crippen LogP contribution in [0.4, 0.5) is 0 Å². The van der Waals surface area contributed by atoms with Crippen molar-refractivity contribution in [1.82, 2.24) is 9.80 Å². The van der Waals surface area contributed by atoms with Crippen molar-refractivity contribution in [3.63, 3.8) is 0 Å². The van der Waals surface area contributed by atoms with Gasteiger partial charge in [-0.05, 0) is 76.4 Å². The van der Waals surface area contributed by atoms with Gasteiger partial charge in [-0.1, -0.05) is 228 Å². The van der Waals surface area contributed by atoms with Crippen molar-refractivity contribution >= 4 is 11.9 Å². The lowest BCUT2D eigenvalue weighted by molar-refractivity contribution is -0.146. The zero-order valence-corrected chi connectivity index (χ0v) is 43.2. The molecule has 0 rings (SSSR count). The van der Waals surface area contributed by atoms with E-state index in [2.05, 4.69) is 51.3 Å². The summed E-state index contributed by atoms with van der Waals surface area (Å²) in [6.07, 6.45) is 47.3. The van der Waals surface area contributed by atoms with Crippen LogP contribution in [0.15, 0.2) is 0 Å². The Morgan fingerprint density at radius 2 is 0.661 bits per heavy atom. The average molecular weight is 878 g/mol. The van der Waals surface area contributed by atoms with Crippen LogP contribution in [0.3, 0.4) is 0 Å². The molecule has 0 radical (unpaired) electrons. The van der Waals surface area contributed by atoms with Crippen LogP contribution in [0.25, 0.3) is 0 Å². The third-order valence-electron chi connectivity index (χ3n) is 13.5. The Kier molecular flexibility index (Phi) is 48.4. The molecule has 2 unspecified atom stereocenters.